The lowest BCUT2D eigenvalue weighted by Crippen LogP contribution is -2.38. The molecule has 0 spiro atoms. The third-order valence-electron chi connectivity index (χ3n) is 16.7. The Bertz CT molecular complexity index is 4450. The van der Waals surface area contributed by atoms with Crippen molar-refractivity contribution in [2.24, 2.45) is 0 Å². The van der Waals surface area contributed by atoms with Crippen LogP contribution in [-0.2, 0) is 54.3 Å². The summed E-state index contributed by atoms with van der Waals surface area (Å²) in [5.74, 6) is -1.14. The molecule has 0 fully saturated rings. The quantitative estimate of drug-likeness (QED) is 0.0291. The molecule has 0 aliphatic rings. The number of methoxy groups -OCH3 is 2. The first-order chi connectivity index (χ1) is 49.2. The number of carbonyl (C=O) groups is 8. The fourth-order valence-corrected chi connectivity index (χ4v) is 11.7. The van der Waals surface area contributed by atoms with Crippen molar-refractivity contribution >= 4 is 80.7 Å². The van der Waals surface area contributed by atoms with E-state index in [2.05, 4.69) is 26.7 Å². The summed E-state index contributed by atoms with van der Waals surface area (Å²) in [4.78, 5) is 114. The van der Waals surface area contributed by atoms with Gasteiger partial charge in [0.15, 0.2) is 11.6 Å². The molecular weight excluding hydrogens is 1320 g/mol. The average Bonchev–Trinajstić information content (AvgIpc) is 0.791. The number of nitrogens with one attached hydrogen (secondary N) is 2. The Morgan fingerprint density at radius 3 is 1.36 bits per heavy atom. The monoisotopic (exact) mass is 1410 g/mol. The third kappa shape index (κ3) is 24.2. The van der Waals surface area contributed by atoms with Gasteiger partial charge in [0.1, 0.15) is 40.9 Å². The number of rotatable bonds is 29. The highest BCUT2D eigenvalue weighted by Crippen LogP contribution is 2.38. The van der Waals surface area contributed by atoms with E-state index in [0.29, 0.717) is 31.1 Å². The van der Waals surface area contributed by atoms with E-state index < -0.39 is 47.2 Å². The molecule has 3 N–H and O–H groups in total. The summed E-state index contributed by atoms with van der Waals surface area (Å²) < 4.78 is 27.3. The normalized spacial score (nSPS) is 11.7. The minimum atomic E-state index is -0.706. The molecule has 2 aromatic heterocycles. The van der Waals surface area contributed by atoms with Crippen molar-refractivity contribution in [2.45, 2.75) is 144 Å². The Morgan fingerprint density at radius 1 is 0.481 bits per heavy atom. The molecule has 7 aromatic carbocycles. The second-order valence-electron chi connectivity index (χ2n) is 27.2. The number of aryl methyl sites for hydroxylation is 2. The average molecular weight is 1410 g/mol. The molecule has 2 atom stereocenters. The van der Waals surface area contributed by atoms with E-state index in [-0.39, 0.29) is 101 Å². The molecule has 0 saturated heterocycles. The minimum absolute atomic E-state index is 0. The summed E-state index contributed by atoms with van der Waals surface area (Å²) in [5, 5.41) is 19.3. The Balaban J connectivity index is 0.000000291. The number of phenols is 1. The number of hydrogen-bond donors (Lipinski definition) is 3. The predicted octanol–water partition coefficient (Wildman–Crippen LogP) is 16.2. The summed E-state index contributed by atoms with van der Waals surface area (Å²) in [6, 6.07) is 55.8. The van der Waals surface area contributed by atoms with Gasteiger partial charge in [0.2, 0.25) is 11.8 Å². The first kappa shape index (κ1) is 80.0. The maximum Gasteiger partial charge on any atom is 0.416 e. The van der Waals surface area contributed by atoms with Crippen LogP contribution in [0.3, 0.4) is 0 Å². The number of ketones is 2. The van der Waals surface area contributed by atoms with Crippen molar-refractivity contribution in [1.29, 1.82) is 0 Å². The van der Waals surface area contributed by atoms with Gasteiger partial charge in [0, 0.05) is 73.8 Å². The van der Waals surface area contributed by atoms with Crippen molar-refractivity contribution in [3.8, 4) is 33.8 Å². The van der Waals surface area contributed by atoms with Gasteiger partial charge in [0.05, 0.1) is 40.2 Å². The van der Waals surface area contributed by atoms with Gasteiger partial charge in [-0.05, 0) is 165 Å². The first-order valence-electron chi connectivity index (χ1n) is 34.4. The highest BCUT2D eigenvalue weighted by atomic mass is 16.6. The van der Waals surface area contributed by atoms with Gasteiger partial charge in [-0.3, -0.25) is 38.6 Å². The highest BCUT2D eigenvalue weighted by molar-refractivity contribution is 6.01. The lowest BCUT2D eigenvalue weighted by molar-refractivity contribution is -0.142. The Morgan fingerprint density at radius 2 is 0.904 bits per heavy atom. The number of carbonyl (C=O) groups excluding carboxylic acids is 8. The van der Waals surface area contributed by atoms with Gasteiger partial charge in [-0.1, -0.05) is 147 Å². The van der Waals surface area contributed by atoms with Crippen LogP contribution in [0.25, 0.3) is 43.8 Å². The van der Waals surface area contributed by atoms with Gasteiger partial charge >= 0.3 is 24.1 Å². The lowest BCUT2D eigenvalue weighted by atomic mass is 9.88. The number of phenolic OH excluding ortho intramolecular Hbond substituents is 1. The summed E-state index contributed by atoms with van der Waals surface area (Å²) in [6.45, 7) is 14.9. The molecule has 104 heavy (non-hydrogen) atoms. The summed E-state index contributed by atoms with van der Waals surface area (Å²) in [6.07, 6.45) is 2.94. The second-order valence-corrected chi connectivity index (χ2v) is 27.2. The van der Waals surface area contributed by atoms with E-state index in [9.17, 15) is 43.5 Å². The van der Waals surface area contributed by atoms with Crippen molar-refractivity contribution in [3.05, 3.63) is 216 Å². The number of Topliss-reactive ketones (excluding diaryl/α,β-unsaturated/α-hetero) is 2. The summed E-state index contributed by atoms with van der Waals surface area (Å²) >= 11 is 0. The largest absolute Gasteiger partial charge is 0.507 e. The van der Waals surface area contributed by atoms with Crippen LogP contribution >= 0.6 is 0 Å². The maximum absolute atomic E-state index is 13.3. The molecule has 4 amide bonds. The van der Waals surface area contributed by atoms with Crippen LogP contribution in [0.4, 0.5) is 21.2 Å². The van der Waals surface area contributed by atoms with E-state index in [1.54, 1.807) is 78.2 Å². The maximum atomic E-state index is 13.3. The molecule has 2 heterocycles. The van der Waals surface area contributed by atoms with E-state index in [4.69, 9.17) is 23.7 Å². The number of pyridine rings is 2. The Kier molecular flexibility index (Phi) is 29.3. The fraction of sp³-hybridized carbons (Fsp3) is 0.333. The van der Waals surface area contributed by atoms with E-state index in [0.717, 1.165) is 77.4 Å². The number of fused-ring (bicyclic) bond motifs is 2. The number of aromatic hydroxyl groups is 1. The Labute approximate surface area is 609 Å². The van der Waals surface area contributed by atoms with Gasteiger partial charge in [-0.2, -0.15) is 0 Å². The summed E-state index contributed by atoms with van der Waals surface area (Å²) in [7, 11) is 2.63. The van der Waals surface area contributed by atoms with Crippen molar-refractivity contribution in [3.63, 3.8) is 0 Å². The predicted molar refractivity (Wildman–Crippen MR) is 406 cm³/mol. The van der Waals surface area contributed by atoms with E-state index in [1.165, 1.54) is 24.0 Å². The molecule has 546 valence electrons. The number of nitrogens with zero attached hydrogens (tertiary/aromatic N) is 4. The molecular formula is C84H96N6O14. The number of amides is 4. The molecule has 20 heteroatoms. The van der Waals surface area contributed by atoms with Gasteiger partial charge < -0.3 is 39.4 Å². The molecule has 0 saturated carbocycles. The topological polar surface area (TPSA) is 259 Å². The second kappa shape index (κ2) is 38.1. The van der Waals surface area contributed by atoms with Crippen LogP contribution in [0.1, 0.15) is 140 Å². The van der Waals surface area contributed by atoms with E-state index >= 15 is 0 Å². The molecule has 0 aliphatic carbocycles. The van der Waals surface area contributed by atoms with Gasteiger partial charge in [-0.15, -0.1) is 0 Å². The van der Waals surface area contributed by atoms with Gasteiger partial charge in [0.25, 0.3) is 0 Å². The van der Waals surface area contributed by atoms with Crippen molar-refractivity contribution in [1.82, 2.24) is 20.6 Å². The number of hydrogen-bond acceptors (Lipinski definition) is 16. The smallest absolute Gasteiger partial charge is 0.416 e. The number of anilines is 2. The molecule has 0 aliphatic heterocycles. The van der Waals surface area contributed by atoms with Crippen LogP contribution in [0.2, 0.25) is 0 Å². The van der Waals surface area contributed by atoms with Crippen molar-refractivity contribution < 1.29 is 67.1 Å². The number of benzene rings is 7. The zero-order valence-corrected chi connectivity index (χ0v) is 60.3. The lowest BCUT2D eigenvalue weighted by Gasteiger charge is -2.27. The van der Waals surface area contributed by atoms with E-state index in [1.807, 2.05) is 159 Å². The molecule has 9 rings (SSSR count). The number of aromatic nitrogens is 2. The minimum Gasteiger partial charge on any atom is -0.507 e. The van der Waals surface area contributed by atoms with Crippen LogP contribution in [0.5, 0.6) is 11.5 Å². The first-order valence-corrected chi connectivity index (χ1v) is 34.4. The molecule has 0 bridgehead atoms. The zero-order valence-electron chi connectivity index (χ0n) is 60.3. The zero-order chi connectivity index (χ0) is 74.2. The van der Waals surface area contributed by atoms with Crippen LogP contribution in [-0.4, -0.2) is 114 Å². The van der Waals surface area contributed by atoms with Gasteiger partial charge in [-0.25, -0.2) is 19.6 Å². The molecule has 0 unspecified atom stereocenters. The SMILES string of the molecule is C.COC(=O)C[C@H](CC(=O)CNC(=O)CCCN(C(=O)OC(C)(C)C)c1cc(C)ccn1)c1cccc(-c2cccc3c(O)cccc23)c1.COC(=O)C[C@H](CC(=O)CNC(=O)CCCN(C(=O)OC(C)(C)C)c1cc(C)ccn1)c1cccc(-c2cccc3c(OCc4ccccc4)cccc23)c1. The van der Waals surface area contributed by atoms with Crippen LogP contribution in [0.15, 0.2) is 188 Å². The fourth-order valence-electron chi connectivity index (χ4n) is 11.7. The Hall–Kier alpha value is -11.3. The highest BCUT2D eigenvalue weighted by Gasteiger charge is 2.28. The number of esters is 2. The van der Waals surface area contributed by atoms with Crippen LogP contribution < -0.4 is 25.2 Å². The third-order valence-corrected chi connectivity index (χ3v) is 16.7. The standard InChI is InChI=1S/C45H49N3O7.C38H43N3O7.CH4/c1-31-22-23-46-41(25-31)48(44(52)55-45(2,3)4)24-12-21-42(50)47-29-36(49)27-35(28-43(51)53-5)33-15-9-16-34(26-33)37-17-10-19-39-38(37)18-11-20-40(39)54-30-32-13-7-6-8-14-32;1-25-17-18-39-34(20-25)41(37(46)48-38(2,3)4)19-9-16-35(44)40-24-29(42)22-28(23-36(45)47-5)26-10-6-11-27(21-26)30-12-7-14-32-31(30)13-8-15-33(32)43;/h6-11,13-20,22-23,25-26,35H,12,21,24,27-30H2,1-5H3,(H,47,50);6-8,10-15,17-18,20-21,28,43H,9,16,19,22-24H2,1-5H3,(H,40,44);1H4/t35-;28-;/m00./s1. The molecule has 9 aromatic rings. The summed E-state index contributed by atoms with van der Waals surface area (Å²) in [5.41, 5.74) is 6.81. The van der Waals surface area contributed by atoms with Crippen molar-refractivity contribution in [2.75, 3.05) is 50.2 Å². The molecule has 0 radical (unpaired) electrons. The number of ether oxygens (including phenoxy) is 5. The van der Waals surface area contributed by atoms with Crippen LogP contribution in [0, 0.1) is 13.8 Å². The molecule has 20 nitrogen and oxygen atoms in total.